The summed E-state index contributed by atoms with van der Waals surface area (Å²) in [6.45, 7) is 4.50. The molecule has 0 spiro atoms. The number of fused-ring (bicyclic) bond motifs is 2. The van der Waals surface area contributed by atoms with E-state index < -0.39 is 53.6 Å². The smallest absolute Gasteiger partial charge is 0.322 e. The van der Waals surface area contributed by atoms with Gasteiger partial charge in [0.2, 0.25) is 5.95 Å². The lowest BCUT2D eigenvalue weighted by molar-refractivity contribution is -0.147. The van der Waals surface area contributed by atoms with Crippen molar-refractivity contribution >= 4 is 63.8 Å². The highest BCUT2D eigenvalue weighted by Crippen LogP contribution is 2.33. The second-order valence-corrected chi connectivity index (χ2v) is 13.0. The number of aliphatic imine (C=N–C) groups is 1. The van der Waals surface area contributed by atoms with Crippen molar-refractivity contribution in [3.63, 3.8) is 0 Å². The van der Waals surface area contributed by atoms with Crippen LogP contribution in [0.15, 0.2) is 22.4 Å². The van der Waals surface area contributed by atoms with Gasteiger partial charge in [-0.2, -0.15) is 16.7 Å². The van der Waals surface area contributed by atoms with Crippen molar-refractivity contribution in [2.45, 2.75) is 50.0 Å². The van der Waals surface area contributed by atoms with Crippen molar-refractivity contribution in [3.8, 4) is 0 Å². The fourth-order valence-electron chi connectivity index (χ4n) is 5.77. The zero-order valence-electron chi connectivity index (χ0n) is 25.4. The van der Waals surface area contributed by atoms with Crippen LogP contribution in [0.4, 0.5) is 23.3 Å². The Labute approximate surface area is 270 Å². The fourth-order valence-corrected chi connectivity index (χ4v) is 6.81. The number of aromatic nitrogens is 6. The maximum Gasteiger partial charge on any atom is 0.322 e. The number of thioether (sulfide) groups is 1. The van der Waals surface area contributed by atoms with E-state index >= 15 is 0 Å². The molecule has 6 rings (SSSR count). The van der Waals surface area contributed by atoms with Crippen LogP contribution in [0.2, 0.25) is 0 Å². The summed E-state index contributed by atoms with van der Waals surface area (Å²) in [5.41, 5.74) is 13.3. The number of aliphatic carboxylic acids is 1. The first-order valence-electron chi connectivity index (χ1n) is 14.7. The monoisotopic (exact) mass is 673 g/mol. The molecule has 1 unspecified atom stereocenters. The third-order valence-corrected chi connectivity index (χ3v) is 9.25. The molecule has 0 aliphatic carbocycles. The van der Waals surface area contributed by atoms with E-state index in [0.717, 1.165) is 0 Å². The summed E-state index contributed by atoms with van der Waals surface area (Å²) >= 11 is 1.45. The van der Waals surface area contributed by atoms with Crippen LogP contribution >= 0.6 is 11.8 Å². The second-order valence-electron chi connectivity index (χ2n) is 11.8. The number of hydrogen-bond acceptors (Lipinski definition) is 17. The minimum absolute atomic E-state index is 0.00733. The van der Waals surface area contributed by atoms with Gasteiger partial charge < -0.3 is 36.8 Å². The van der Waals surface area contributed by atoms with Crippen LogP contribution < -0.4 is 27.8 Å². The minimum Gasteiger partial charge on any atom is -0.480 e. The lowest BCUT2D eigenvalue weighted by Gasteiger charge is -2.40. The Kier molecular flexibility index (Phi) is 8.76. The molecule has 0 saturated carbocycles. The number of ether oxygens (including phenoxy) is 1. The molecule has 6 heterocycles. The number of aromatic amines is 1. The predicted octanol–water partition coefficient (Wildman–Crippen LogP) is -2.49. The van der Waals surface area contributed by atoms with E-state index in [0.29, 0.717) is 42.3 Å². The summed E-state index contributed by atoms with van der Waals surface area (Å²) in [4.78, 5) is 62.6. The van der Waals surface area contributed by atoms with Gasteiger partial charge >= 0.3 is 5.97 Å². The van der Waals surface area contributed by atoms with Crippen molar-refractivity contribution in [1.29, 1.82) is 0 Å². The number of nitrogens with one attached hydrogen (secondary N) is 3. The first-order valence-corrected chi connectivity index (χ1v) is 15.8. The van der Waals surface area contributed by atoms with Crippen LogP contribution in [0, 0.1) is 0 Å². The summed E-state index contributed by atoms with van der Waals surface area (Å²) in [5, 5.41) is 35.9. The van der Waals surface area contributed by atoms with Crippen LogP contribution in [0.25, 0.3) is 11.2 Å². The number of carbonyl (C=O) groups is 2. The largest absolute Gasteiger partial charge is 0.480 e. The molecular weight excluding hydrogens is 638 g/mol. The van der Waals surface area contributed by atoms with Crippen molar-refractivity contribution in [3.05, 3.63) is 23.0 Å². The molecular formula is C26H35N13O7S. The first-order chi connectivity index (χ1) is 22.3. The molecule has 3 aromatic rings. The number of aliphatic hydroxyl groups excluding tert-OH is 2. The van der Waals surface area contributed by atoms with Gasteiger partial charge in [-0.05, 0) is 13.8 Å². The van der Waals surface area contributed by atoms with Crippen molar-refractivity contribution in [1.82, 2.24) is 44.8 Å². The molecule has 3 aliphatic heterocycles. The number of amides is 1. The second kappa shape index (κ2) is 12.7. The van der Waals surface area contributed by atoms with Crippen LogP contribution in [0.3, 0.4) is 0 Å². The average Bonchev–Trinajstić information content (AvgIpc) is 3.56. The Bertz CT molecular complexity index is 1780. The number of nitrogens with zero attached hydrogens (tertiary/aromatic N) is 8. The summed E-state index contributed by atoms with van der Waals surface area (Å²) in [7, 11) is 0. The van der Waals surface area contributed by atoms with E-state index in [9.17, 15) is 29.7 Å². The maximum atomic E-state index is 13.3. The Morgan fingerprint density at radius 3 is 2.74 bits per heavy atom. The molecule has 0 bridgehead atoms. The summed E-state index contributed by atoms with van der Waals surface area (Å²) in [6, 6.07) is -0.914. The van der Waals surface area contributed by atoms with E-state index in [1.54, 1.807) is 18.7 Å². The topological polar surface area (TPSA) is 288 Å². The number of imidazole rings is 1. The molecule has 252 valence electrons. The van der Waals surface area contributed by atoms with Gasteiger partial charge in [0, 0.05) is 37.7 Å². The highest BCUT2D eigenvalue weighted by molar-refractivity contribution is 7.99. The Hall–Kier alpha value is -4.41. The molecule has 10 N–H and O–H groups in total. The number of H-pyrrole nitrogens is 1. The molecule has 2 fully saturated rings. The molecule has 1 amide bonds. The fraction of sp³-hybridized carbons (Fsp3) is 0.538. The Balaban J connectivity index is 1.02. The highest BCUT2D eigenvalue weighted by atomic mass is 32.2. The SMILES string of the molecule is CC1(C)Nc2nc(N)[nH]c(=O)c2N=C1C(=O)NN1CCN(CCSC[C@H]2O[C@@H](n3cnc4c(N)ncnc43)[C@@H](O)[C@H]2O)C(C(=O)O)C1. The Morgan fingerprint density at radius 2 is 1.98 bits per heavy atom. The molecule has 3 aromatic heterocycles. The van der Waals surface area contributed by atoms with Crippen molar-refractivity contribution in [2.24, 2.45) is 4.99 Å². The minimum atomic E-state index is -1.24. The van der Waals surface area contributed by atoms with Crippen LogP contribution in [-0.4, -0.2) is 140 Å². The number of carboxylic acid groups (broad SMARTS) is 1. The van der Waals surface area contributed by atoms with Crippen molar-refractivity contribution in [2.75, 3.05) is 54.5 Å². The number of nitrogen functional groups attached to an aromatic ring is 2. The zero-order valence-corrected chi connectivity index (χ0v) is 26.2. The molecule has 47 heavy (non-hydrogen) atoms. The van der Waals surface area contributed by atoms with Gasteiger partial charge in [0.05, 0.1) is 18.0 Å². The first kappa shape index (κ1) is 32.5. The number of carboxylic acids is 1. The van der Waals surface area contributed by atoms with Crippen LogP contribution in [0.1, 0.15) is 20.1 Å². The number of rotatable bonds is 9. The lowest BCUT2D eigenvalue weighted by atomic mass is 9.95. The molecule has 2 saturated heterocycles. The average molecular weight is 674 g/mol. The van der Waals surface area contributed by atoms with Gasteiger partial charge in [0.25, 0.3) is 11.5 Å². The maximum absolute atomic E-state index is 13.3. The van der Waals surface area contributed by atoms with Crippen LogP contribution in [-0.2, 0) is 14.3 Å². The zero-order chi connectivity index (χ0) is 33.6. The van der Waals surface area contributed by atoms with Crippen LogP contribution in [0.5, 0.6) is 0 Å². The van der Waals surface area contributed by atoms with Gasteiger partial charge in [0.15, 0.2) is 29.2 Å². The quantitative estimate of drug-likeness (QED) is 0.109. The third-order valence-electron chi connectivity index (χ3n) is 8.21. The number of piperazine rings is 1. The van der Waals surface area contributed by atoms with E-state index in [2.05, 4.69) is 40.7 Å². The summed E-state index contributed by atoms with van der Waals surface area (Å²) < 4.78 is 7.49. The molecule has 5 atom stereocenters. The van der Waals surface area contributed by atoms with Gasteiger partial charge in [0.1, 0.15) is 35.8 Å². The number of nitrogens with two attached hydrogens (primary N) is 2. The summed E-state index contributed by atoms with van der Waals surface area (Å²) in [6.07, 6.45) is -1.33. The number of aliphatic hydroxyl groups is 2. The Morgan fingerprint density at radius 1 is 1.19 bits per heavy atom. The van der Waals surface area contributed by atoms with E-state index in [1.165, 1.54) is 34.0 Å². The normalized spacial score (nSPS) is 26.0. The molecule has 21 heteroatoms. The van der Waals surface area contributed by atoms with Gasteiger partial charge in [-0.3, -0.25) is 34.3 Å². The number of anilines is 3. The van der Waals surface area contributed by atoms with E-state index in [1.807, 2.05) is 0 Å². The predicted molar refractivity (Wildman–Crippen MR) is 170 cm³/mol. The van der Waals surface area contributed by atoms with Gasteiger partial charge in [-0.1, -0.05) is 0 Å². The van der Waals surface area contributed by atoms with E-state index in [-0.39, 0.29) is 35.5 Å². The molecule has 20 nitrogen and oxygen atoms in total. The number of hydrogen-bond donors (Lipinski definition) is 8. The number of carbonyl (C=O) groups excluding carboxylic acids is 1. The van der Waals surface area contributed by atoms with Gasteiger partial charge in [-0.25, -0.2) is 25.0 Å². The molecule has 0 aromatic carbocycles. The molecule has 3 aliphatic rings. The summed E-state index contributed by atoms with van der Waals surface area (Å²) in [5.74, 6) is -0.529. The highest BCUT2D eigenvalue weighted by Gasteiger charge is 2.44. The van der Waals surface area contributed by atoms with E-state index in [4.69, 9.17) is 16.2 Å². The lowest BCUT2D eigenvalue weighted by Crippen LogP contribution is -2.63. The molecule has 0 radical (unpaired) electrons. The third kappa shape index (κ3) is 6.32. The van der Waals surface area contributed by atoms with Crippen molar-refractivity contribution < 1.29 is 29.6 Å². The van der Waals surface area contributed by atoms with Gasteiger partial charge in [-0.15, -0.1) is 0 Å². The number of hydrazine groups is 1. The standard InChI is InChI=1S/C26H35N13O7S/c1-26(2)17(32-14-19(35-26)33-25(28)34-21(14)42)22(43)36-38-4-3-37(11(7-38)24(44)45)5-6-47-8-12-15(40)16(41)23(46-12)39-10-31-13-18(27)29-9-30-20(13)39/h9-12,15-16,23,40-41H,3-8H2,1-2H3,(H,36,43)(H,44,45)(H2,27,29,30)(H4,28,33,34,35,42)/t11?,12-,15+,16+,23-/m1/s1.